The molecule has 4 aliphatic carbocycles. The second-order valence-corrected chi connectivity index (χ2v) is 18.6. The summed E-state index contributed by atoms with van der Waals surface area (Å²) >= 11 is 3.51. The maximum absolute atomic E-state index is 13.2. The molecule has 0 aromatic heterocycles. The number of carbonyl (C=O) groups excluding carboxylic acids is 1. The highest BCUT2D eigenvalue weighted by molar-refractivity contribution is 9.09. The first-order valence-corrected chi connectivity index (χ1v) is 22.0. The number of ether oxygens (including phenoxy) is 2. The molecule has 8 atom stereocenters. The van der Waals surface area contributed by atoms with Gasteiger partial charge in [-0.3, -0.25) is 0 Å². The zero-order chi connectivity index (χ0) is 34.9. The lowest BCUT2D eigenvalue weighted by Gasteiger charge is -2.58. The second-order valence-electron chi connectivity index (χ2n) is 17.8. The van der Waals surface area contributed by atoms with Gasteiger partial charge < -0.3 is 9.47 Å². The molecule has 0 spiro atoms. The molecule has 49 heavy (non-hydrogen) atoms. The molecular weight excluding hydrogens is 668 g/mol. The number of allylic oxidation sites excluding steroid dienone is 1. The van der Waals surface area contributed by atoms with E-state index in [-0.39, 0.29) is 17.5 Å². The number of hydrogen-bond acceptors (Lipinski definition) is 3. The summed E-state index contributed by atoms with van der Waals surface area (Å²) in [6.07, 6.45) is 28.5. The van der Waals surface area contributed by atoms with Crippen LogP contribution in [0.2, 0.25) is 0 Å². The third-order valence-electron chi connectivity index (χ3n) is 14.2. The van der Waals surface area contributed by atoms with Crippen LogP contribution in [-0.2, 0) is 4.74 Å². The van der Waals surface area contributed by atoms with E-state index in [1.165, 1.54) is 103 Å². The number of esters is 1. The lowest BCUT2D eigenvalue weighted by Crippen LogP contribution is -2.51. The number of rotatable bonds is 19. The number of alkyl halides is 1. The van der Waals surface area contributed by atoms with E-state index in [9.17, 15) is 4.79 Å². The molecule has 1 aromatic rings. The molecule has 5 rings (SSSR count). The normalized spacial score (nSPS) is 31.4. The van der Waals surface area contributed by atoms with Gasteiger partial charge in [0.15, 0.2) is 0 Å². The van der Waals surface area contributed by atoms with Crippen molar-refractivity contribution in [3.8, 4) is 5.75 Å². The Kier molecular flexibility index (Phi) is 14.7. The second kappa shape index (κ2) is 18.5. The molecule has 0 saturated heterocycles. The molecule has 4 aliphatic rings. The smallest absolute Gasteiger partial charge is 0.338 e. The number of unbranched alkanes of at least 4 members (excludes halogenated alkanes) is 8. The molecule has 1 aromatic carbocycles. The topological polar surface area (TPSA) is 35.5 Å². The van der Waals surface area contributed by atoms with Gasteiger partial charge in [0.05, 0.1) is 12.2 Å². The van der Waals surface area contributed by atoms with Gasteiger partial charge in [-0.15, -0.1) is 0 Å². The maximum Gasteiger partial charge on any atom is 0.338 e. The van der Waals surface area contributed by atoms with Crippen molar-refractivity contribution >= 4 is 21.9 Å². The Balaban J connectivity index is 1.05. The summed E-state index contributed by atoms with van der Waals surface area (Å²) in [5, 5.41) is 1.14. The highest BCUT2D eigenvalue weighted by Gasteiger charge is 2.59. The summed E-state index contributed by atoms with van der Waals surface area (Å²) in [5.41, 5.74) is 3.03. The molecule has 0 amide bonds. The van der Waals surface area contributed by atoms with Crippen molar-refractivity contribution in [1.82, 2.24) is 0 Å². The van der Waals surface area contributed by atoms with E-state index < -0.39 is 0 Å². The number of halogens is 1. The average molecular weight is 740 g/mol. The van der Waals surface area contributed by atoms with Crippen LogP contribution in [0.15, 0.2) is 35.9 Å². The monoisotopic (exact) mass is 738 g/mol. The molecule has 0 bridgehead atoms. The minimum absolute atomic E-state index is 0.00924. The standard InChI is InChI=1S/C45H71BrO3/c1-33(2)16-15-17-34(3)40-24-25-41-39-23-20-36-32-38(26-28-44(36,4)42(39)27-29-45(40,41)5)49-43(47)35-18-21-37(22-19-35)48-31-14-12-10-8-6-7-9-11-13-30-46/h18-22,33-34,38-42H,6-17,23-32H2,1-5H3/t34-,38+,39+,40-,41+,42+,44+,45-/m1/s1. The summed E-state index contributed by atoms with van der Waals surface area (Å²) in [6, 6.07) is 7.62. The Morgan fingerprint density at radius 2 is 1.51 bits per heavy atom. The Labute approximate surface area is 309 Å². The van der Waals surface area contributed by atoms with Crippen LogP contribution in [0.25, 0.3) is 0 Å². The first kappa shape index (κ1) is 38.9. The molecule has 0 aliphatic heterocycles. The SMILES string of the molecule is CC(C)CCC[C@@H](C)[C@H]1CC[C@H]2[C@@H]3CC=C4C[C@@H](OC(=O)c5ccc(OCCCCCCCCCCCBr)cc5)CC[C@]4(C)[C@H]3CC[C@]12C. The zero-order valence-corrected chi connectivity index (χ0v) is 33.7. The van der Waals surface area contributed by atoms with Gasteiger partial charge in [-0.2, -0.15) is 0 Å². The van der Waals surface area contributed by atoms with Crippen molar-refractivity contribution in [3.05, 3.63) is 41.5 Å². The predicted molar refractivity (Wildman–Crippen MR) is 210 cm³/mol. The highest BCUT2D eigenvalue weighted by Crippen LogP contribution is 2.67. The zero-order valence-electron chi connectivity index (χ0n) is 32.1. The molecule has 3 nitrogen and oxygen atoms in total. The largest absolute Gasteiger partial charge is 0.494 e. The fourth-order valence-electron chi connectivity index (χ4n) is 11.3. The van der Waals surface area contributed by atoms with Crippen LogP contribution in [0.4, 0.5) is 0 Å². The van der Waals surface area contributed by atoms with Gasteiger partial charge in [-0.05, 0) is 128 Å². The quantitative estimate of drug-likeness (QED) is 0.0613. The van der Waals surface area contributed by atoms with Crippen molar-refractivity contribution in [1.29, 1.82) is 0 Å². The van der Waals surface area contributed by atoms with Crippen molar-refractivity contribution in [2.24, 2.45) is 46.3 Å². The minimum Gasteiger partial charge on any atom is -0.494 e. The number of carbonyl (C=O) groups is 1. The van der Waals surface area contributed by atoms with Gasteiger partial charge in [-0.1, -0.05) is 126 Å². The molecule has 276 valence electrons. The molecule has 3 saturated carbocycles. The first-order chi connectivity index (χ1) is 23.7. The van der Waals surface area contributed by atoms with Crippen LogP contribution in [-0.4, -0.2) is 24.0 Å². The highest BCUT2D eigenvalue weighted by atomic mass is 79.9. The van der Waals surface area contributed by atoms with Crippen LogP contribution in [0.1, 0.15) is 173 Å². The summed E-state index contributed by atoms with van der Waals surface area (Å²) in [7, 11) is 0. The van der Waals surface area contributed by atoms with Gasteiger partial charge >= 0.3 is 5.97 Å². The van der Waals surface area contributed by atoms with E-state index in [1.54, 1.807) is 5.57 Å². The average Bonchev–Trinajstić information content (AvgIpc) is 3.45. The minimum atomic E-state index is -0.186. The maximum atomic E-state index is 13.2. The molecule has 0 N–H and O–H groups in total. The van der Waals surface area contributed by atoms with Gasteiger partial charge in [0, 0.05) is 11.8 Å². The van der Waals surface area contributed by atoms with Gasteiger partial charge in [0.25, 0.3) is 0 Å². The fraction of sp³-hybridized carbons (Fsp3) is 0.800. The van der Waals surface area contributed by atoms with Gasteiger partial charge in [-0.25, -0.2) is 4.79 Å². The molecule has 0 radical (unpaired) electrons. The van der Waals surface area contributed by atoms with E-state index in [1.807, 2.05) is 24.3 Å². The van der Waals surface area contributed by atoms with Crippen molar-refractivity contribution < 1.29 is 14.3 Å². The lowest BCUT2D eigenvalue weighted by atomic mass is 9.47. The van der Waals surface area contributed by atoms with Crippen molar-refractivity contribution in [2.45, 2.75) is 169 Å². The first-order valence-electron chi connectivity index (χ1n) is 20.8. The van der Waals surface area contributed by atoms with E-state index >= 15 is 0 Å². The molecular formula is C45H71BrO3. The predicted octanol–water partition coefficient (Wildman–Crippen LogP) is 13.5. The fourth-order valence-corrected chi connectivity index (χ4v) is 11.7. The number of fused-ring (bicyclic) bond motifs is 5. The molecule has 0 unspecified atom stereocenters. The molecule has 0 heterocycles. The van der Waals surface area contributed by atoms with Crippen LogP contribution in [0, 0.1) is 46.3 Å². The summed E-state index contributed by atoms with van der Waals surface area (Å²) in [4.78, 5) is 13.2. The Hall–Kier alpha value is -1.29. The van der Waals surface area contributed by atoms with E-state index in [0.717, 1.165) is 78.9 Å². The van der Waals surface area contributed by atoms with E-state index in [4.69, 9.17) is 9.47 Å². The molecule has 4 heteroatoms. The van der Waals surface area contributed by atoms with Crippen LogP contribution in [0.3, 0.4) is 0 Å². The van der Waals surface area contributed by atoms with Crippen LogP contribution in [0.5, 0.6) is 5.75 Å². The summed E-state index contributed by atoms with van der Waals surface area (Å²) < 4.78 is 12.2. The Morgan fingerprint density at radius 1 is 0.816 bits per heavy atom. The summed E-state index contributed by atoms with van der Waals surface area (Å²) in [5.74, 6) is 5.76. The van der Waals surface area contributed by atoms with Crippen LogP contribution < -0.4 is 4.74 Å². The number of benzene rings is 1. The van der Waals surface area contributed by atoms with E-state index in [0.29, 0.717) is 11.0 Å². The lowest BCUT2D eigenvalue weighted by molar-refractivity contribution is -0.0594. The Morgan fingerprint density at radius 3 is 2.20 bits per heavy atom. The van der Waals surface area contributed by atoms with Crippen LogP contribution >= 0.6 is 15.9 Å². The van der Waals surface area contributed by atoms with Gasteiger partial charge in [0.1, 0.15) is 11.9 Å². The third-order valence-corrected chi connectivity index (χ3v) is 14.7. The molecule has 3 fully saturated rings. The summed E-state index contributed by atoms with van der Waals surface area (Å²) in [6.45, 7) is 13.3. The van der Waals surface area contributed by atoms with Crippen molar-refractivity contribution in [2.75, 3.05) is 11.9 Å². The van der Waals surface area contributed by atoms with Gasteiger partial charge in [0.2, 0.25) is 0 Å². The Bertz CT molecular complexity index is 1190. The number of hydrogen-bond donors (Lipinski definition) is 0. The van der Waals surface area contributed by atoms with Crippen molar-refractivity contribution in [3.63, 3.8) is 0 Å². The third kappa shape index (κ3) is 9.78. The van der Waals surface area contributed by atoms with E-state index in [2.05, 4.69) is 56.6 Å².